The average molecular weight is 463 g/mol. The number of likely N-dealkylation sites (N-methyl/N-ethyl adjacent to an activating group) is 1. The second kappa shape index (κ2) is 8.28. The largest absolute Gasteiger partial charge is 0.496 e. The van der Waals surface area contributed by atoms with Gasteiger partial charge in [0.1, 0.15) is 10.6 Å². The molecular formula is C20H22ClF3N2O3S. The Bertz CT molecular complexity index is 1060. The van der Waals surface area contributed by atoms with E-state index < -0.39 is 31.7 Å². The number of anilines is 1. The molecule has 164 valence electrons. The minimum atomic E-state index is -4.61. The molecule has 0 amide bonds. The molecule has 2 aromatic carbocycles. The molecule has 0 spiro atoms. The van der Waals surface area contributed by atoms with Gasteiger partial charge in [0, 0.05) is 11.6 Å². The molecule has 2 aromatic rings. The maximum Gasteiger partial charge on any atom is 0.416 e. The van der Waals surface area contributed by atoms with E-state index in [1.165, 1.54) is 0 Å². The van der Waals surface area contributed by atoms with Crippen molar-refractivity contribution < 1.29 is 26.3 Å². The van der Waals surface area contributed by atoms with Crippen molar-refractivity contribution in [3.8, 4) is 5.75 Å². The zero-order valence-electron chi connectivity index (χ0n) is 16.7. The van der Waals surface area contributed by atoms with E-state index >= 15 is 0 Å². The van der Waals surface area contributed by atoms with Gasteiger partial charge >= 0.3 is 6.18 Å². The van der Waals surface area contributed by atoms with Gasteiger partial charge in [0.2, 0.25) is 0 Å². The number of hydrogen-bond donors (Lipinski definition) is 1. The Hall–Kier alpha value is -1.97. The Kier molecular flexibility index (Phi) is 6.27. The van der Waals surface area contributed by atoms with Crippen LogP contribution in [0.25, 0.3) is 0 Å². The van der Waals surface area contributed by atoms with Crippen LogP contribution < -0.4 is 9.46 Å². The maximum atomic E-state index is 12.9. The van der Waals surface area contributed by atoms with Crippen LogP contribution in [0.15, 0.2) is 35.2 Å². The first kappa shape index (κ1) is 22.7. The number of ether oxygens (including phenoxy) is 1. The molecule has 0 saturated carbocycles. The number of nitrogens with zero attached hydrogens (tertiary/aromatic N) is 1. The van der Waals surface area contributed by atoms with Gasteiger partial charge in [-0.1, -0.05) is 11.6 Å². The highest BCUT2D eigenvalue weighted by molar-refractivity contribution is 7.92. The Morgan fingerprint density at radius 2 is 1.87 bits per heavy atom. The average Bonchev–Trinajstić information content (AvgIpc) is 2.66. The molecule has 0 saturated heterocycles. The Balaban J connectivity index is 1.98. The first-order chi connectivity index (χ1) is 13.9. The summed E-state index contributed by atoms with van der Waals surface area (Å²) >= 11 is 5.89. The van der Waals surface area contributed by atoms with E-state index in [0.29, 0.717) is 42.5 Å². The summed E-state index contributed by atoms with van der Waals surface area (Å²) in [5.74, 6) is 0.673. The molecule has 0 aromatic heterocycles. The lowest BCUT2D eigenvalue weighted by Gasteiger charge is -2.32. The smallest absolute Gasteiger partial charge is 0.416 e. The fraction of sp³-hybridized carbons (Fsp3) is 0.400. The van der Waals surface area contributed by atoms with Gasteiger partial charge in [0.05, 0.1) is 23.4 Å². The van der Waals surface area contributed by atoms with E-state index in [1.54, 1.807) is 19.2 Å². The van der Waals surface area contributed by atoms with Gasteiger partial charge in [0.15, 0.2) is 0 Å². The molecule has 0 aliphatic heterocycles. The summed E-state index contributed by atoms with van der Waals surface area (Å²) in [6.07, 6.45) is -2.45. The normalized spacial score (nSPS) is 17.0. The molecule has 0 fully saturated rings. The van der Waals surface area contributed by atoms with Crippen molar-refractivity contribution in [2.75, 3.05) is 25.9 Å². The molecule has 1 N–H and O–H groups in total. The number of rotatable bonds is 5. The van der Waals surface area contributed by atoms with Gasteiger partial charge < -0.3 is 9.64 Å². The number of benzene rings is 2. The SMILES string of the molecule is COc1ccc(NS(=O)(=O)c2ccc(C(F)(F)F)cc2Cl)c2c1CC(N(C)C)CC2. The monoisotopic (exact) mass is 462 g/mol. The van der Waals surface area contributed by atoms with Crippen LogP contribution in [-0.2, 0) is 29.0 Å². The Morgan fingerprint density at radius 3 is 2.43 bits per heavy atom. The summed E-state index contributed by atoms with van der Waals surface area (Å²) in [4.78, 5) is 1.70. The van der Waals surface area contributed by atoms with E-state index in [-0.39, 0.29) is 0 Å². The maximum absolute atomic E-state index is 12.9. The zero-order valence-corrected chi connectivity index (χ0v) is 18.2. The van der Waals surface area contributed by atoms with Crippen LogP contribution in [0.2, 0.25) is 5.02 Å². The summed E-state index contributed by atoms with van der Waals surface area (Å²) in [5, 5.41) is -0.493. The highest BCUT2D eigenvalue weighted by Gasteiger charge is 2.32. The molecule has 30 heavy (non-hydrogen) atoms. The van der Waals surface area contributed by atoms with Crippen molar-refractivity contribution >= 4 is 27.3 Å². The number of alkyl halides is 3. The number of hydrogen-bond acceptors (Lipinski definition) is 4. The van der Waals surface area contributed by atoms with Crippen LogP contribution in [0, 0.1) is 0 Å². The molecule has 1 atom stereocenters. The predicted molar refractivity (Wildman–Crippen MR) is 110 cm³/mol. The minimum Gasteiger partial charge on any atom is -0.496 e. The van der Waals surface area contributed by atoms with E-state index in [2.05, 4.69) is 9.62 Å². The van der Waals surface area contributed by atoms with Gasteiger partial charge in [0.25, 0.3) is 10.0 Å². The third-order valence-corrected chi connectivity index (χ3v) is 7.15. The second-order valence-corrected chi connectivity index (χ2v) is 9.44. The van der Waals surface area contributed by atoms with Crippen molar-refractivity contribution in [2.24, 2.45) is 0 Å². The molecule has 1 aliphatic rings. The lowest BCUT2D eigenvalue weighted by molar-refractivity contribution is -0.137. The highest BCUT2D eigenvalue weighted by Crippen LogP contribution is 2.38. The number of methoxy groups -OCH3 is 1. The third-order valence-electron chi connectivity index (χ3n) is 5.30. The van der Waals surface area contributed by atoms with Gasteiger partial charge in [-0.25, -0.2) is 8.42 Å². The number of fused-ring (bicyclic) bond motifs is 1. The van der Waals surface area contributed by atoms with Crippen LogP contribution in [-0.4, -0.2) is 40.6 Å². The third kappa shape index (κ3) is 4.53. The van der Waals surface area contributed by atoms with Gasteiger partial charge in [-0.15, -0.1) is 0 Å². The molecule has 0 heterocycles. The topological polar surface area (TPSA) is 58.6 Å². The van der Waals surface area contributed by atoms with Crippen molar-refractivity contribution in [1.29, 1.82) is 0 Å². The number of nitrogens with one attached hydrogen (secondary N) is 1. The van der Waals surface area contributed by atoms with Gasteiger partial charge in [-0.2, -0.15) is 13.2 Å². The van der Waals surface area contributed by atoms with E-state index in [9.17, 15) is 21.6 Å². The molecule has 5 nitrogen and oxygen atoms in total. The van der Waals surface area contributed by atoms with E-state index in [1.807, 2.05) is 14.1 Å². The van der Waals surface area contributed by atoms with E-state index in [4.69, 9.17) is 16.3 Å². The fourth-order valence-electron chi connectivity index (χ4n) is 3.65. The summed E-state index contributed by atoms with van der Waals surface area (Å²) in [6, 6.07) is 5.76. The zero-order chi connectivity index (χ0) is 22.3. The van der Waals surface area contributed by atoms with Gasteiger partial charge in [-0.05, 0) is 69.3 Å². The predicted octanol–water partition coefficient (Wildman–Crippen LogP) is 4.59. The highest BCUT2D eigenvalue weighted by atomic mass is 35.5. The van der Waals surface area contributed by atoms with Crippen molar-refractivity contribution in [2.45, 2.75) is 36.4 Å². The number of halogens is 4. The van der Waals surface area contributed by atoms with Crippen molar-refractivity contribution in [3.05, 3.63) is 52.0 Å². The van der Waals surface area contributed by atoms with Crippen LogP contribution in [0.1, 0.15) is 23.1 Å². The molecule has 10 heteroatoms. The van der Waals surface area contributed by atoms with Crippen molar-refractivity contribution in [3.63, 3.8) is 0 Å². The Labute approximate surface area is 178 Å². The van der Waals surface area contributed by atoms with Crippen LogP contribution in [0.3, 0.4) is 0 Å². The lowest BCUT2D eigenvalue weighted by Crippen LogP contribution is -2.34. The fourth-order valence-corrected chi connectivity index (χ4v) is 5.29. The molecule has 0 radical (unpaired) electrons. The van der Waals surface area contributed by atoms with Crippen LogP contribution in [0.4, 0.5) is 18.9 Å². The summed E-state index contributed by atoms with van der Waals surface area (Å²) in [5.41, 5.74) is 1.10. The number of sulfonamides is 1. The second-order valence-electron chi connectivity index (χ2n) is 7.38. The molecular weight excluding hydrogens is 441 g/mol. The summed E-state index contributed by atoms with van der Waals surface area (Å²) in [6.45, 7) is 0. The van der Waals surface area contributed by atoms with Crippen LogP contribution >= 0.6 is 11.6 Å². The lowest BCUT2D eigenvalue weighted by atomic mass is 9.86. The Morgan fingerprint density at radius 1 is 1.17 bits per heavy atom. The van der Waals surface area contributed by atoms with E-state index in [0.717, 1.165) is 23.6 Å². The standard InChI is InChI=1S/C20H22ClF3N2O3S/c1-26(2)13-5-6-14-15(11-13)18(29-3)8-7-17(14)25-30(27,28)19-9-4-12(10-16(19)21)20(22,23)24/h4,7-10,13,25H,5-6,11H2,1-3H3. The quantitative estimate of drug-likeness (QED) is 0.706. The summed E-state index contributed by atoms with van der Waals surface area (Å²) in [7, 11) is 1.34. The van der Waals surface area contributed by atoms with Crippen LogP contribution in [0.5, 0.6) is 5.75 Å². The first-order valence-corrected chi connectivity index (χ1v) is 11.0. The molecule has 1 unspecified atom stereocenters. The first-order valence-electron chi connectivity index (χ1n) is 9.18. The minimum absolute atomic E-state index is 0.294. The molecule has 1 aliphatic carbocycles. The molecule has 3 rings (SSSR count). The van der Waals surface area contributed by atoms with Crippen molar-refractivity contribution in [1.82, 2.24) is 4.90 Å². The van der Waals surface area contributed by atoms with Gasteiger partial charge in [-0.3, -0.25) is 4.72 Å². The summed E-state index contributed by atoms with van der Waals surface area (Å²) < 4.78 is 72.3. The molecule has 0 bridgehead atoms.